The Balaban J connectivity index is 2.00. The van der Waals surface area contributed by atoms with Gasteiger partial charge in [0.15, 0.2) is 5.66 Å². The lowest BCUT2D eigenvalue weighted by Crippen LogP contribution is -2.36. The van der Waals surface area contributed by atoms with Crippen LogP contribution in [0.3, 0.4) is 0 Å². The monoisotopic (exact) mass is 301 g/mol. The van der Waals surface area contributed by atoms with Crippen molar-refractivity contribution in [3.63, 3.8) is 0 Å². The molecule has 7 nitrogen and oxygen atoms in total. The molecule has 2 rings (SSSR count). The van der Waals surface area contributed by atoms with Gasteiger partial charge in [-0.2, -0.15) is 15.3 Å². The maximum atomic E-state index is 12.3. The van der Waals surface area contributed by atoms with E-state index in [-0.39, 0.29) is 5.56 Å². The predicted octanol–water partition coefficient (Wildman–Crippen LogP) is 1.09. The van der Waals surface area contributed by atoms with Gasteiger partial charge in [0.25, 0.3) is 11.5 Å². The van der Waals surface area contributed by atoms with Crippen LogP contribution in [0.1, 0.15) is 40.9 Å². The first-order chi connectivity index (χ1) is 10.4. The van der Waals surface area contributed by atoms with Gasteiger partial charge in [0.1, 0.15) is 5.56 Å². The molecule has 1 aromatic heterocycles. The number of amides is 1. The van der Waals surface area contributed by atoms with Crippen molar-refractivity contribution in [3.05, 3.63) is 27.2 Å². The maximum Gasteiger partial charge on any atom is 0.279 e. The number of hydrogen-bond donors (Lipinski definition) is 1. The highest BCUT2D eigenvalue weighted by molar-refractivity contribution is 5.95. The summed E-state index contributed by atoms with van der Waals surface area (Å²) in [5.74, 6) is 2.17. The predicted molar refractivity (Wildman–Crippen MR) is 81.6 cm³/mol. The Morgan fingerprint density at radius 3 is 2.64 bits per heavy atom. The molecule has 0 saturated carbocycles. The quantitative estimate of drug-likeness (QED) is 0.798. The third-order valence-corrected chi connectivity index (χ3v) is 3.82. The van der Waals surface area contributed by atoms with Crippen LogP contribution in [0, 0.1) is 26.2 Å². The average molecular weight is 301 g/mol. The zero-order chi connectivity index (χ0) is 16.3. The normalized spacial score (nSPS) is 14.5. The average Bonchev–Trinajstić information content (AvgIpc) is 3.24. The van der Waals surface area contributed by atoms with Crippen molar-refractivity contribution in [2.24, 2.45) is 17.3 Å². The molecule has 22 heavy (non-hydrogen) atoms. The molecule has 0 saturated heterocycles. The molecule has 0 aliphatic carbocycles. The van der Waals surface area contributed by atoms with Gasteiger partial charge in [0, 0.05) is 32.9 Å². The highest BCUT2D eigenvalue weighted by Crippen LogP contribution is 2.36. The lowest BCUT2D eigenvalue weighted by atomic mass is 10.0. The van der Waals surface area contributed by atoms with Gasteiger partial charge in [0.2, 0.25) is 0 Å². The second kappa shape index (κ2) is 6.10. The Labute approximate surface area is 128 Å². The van der Waals surface area contributed by atoms with E-state index in [2.05, 4.69) is 26.6 Å². The zero-order valence-corrected chi connectivity index (χ0v) is 13.0. The van der Waals surface area contributed by atoms with Gasteiger partial charge in [-0.1, -0.05) is 0 Å². The van der Waals surface area contributed by atoms with Crippen molar-refractivity contribution in [3.8, 4) is 12.3 Å². The SMILES string of the molecule is C#CCCC1(CCNC(=O)c2c(C)c(C)nn(C)c2=O)N=N1. The number of rotatable bonds is 6. The van der Waals surface area contributed by atoms with Gasteiger partial charge in [-0.05, 0) is 19.4 Å². The van der Waals surface area contributed by atoms with Crippen LogP contribution in [-0.2, 0) is 7.05 Å². The number of nitrogens with one attached hydrogen (secondary N) is 1. The van der Waals surface area contributed by atoms with E-state index in [1.165, 1.54) is 11.7 Å². The molecule has 0 unspecified atom stereocenters. The van der Waals surface area contributed by atoms with Crippen LogP contribution in [-0.4, -0.2) is 27.9 Å². The van der Waals surface area contributed by atoms with Crippen LogP contribution in [0.2, 0.25) is 0 Å². The minimum atomic E-state index is -0.437. The number of carbonyl (C=O) groups is 1. The fourth-order valence-electron chi connectivity index (χ4n) is 2.25. The van der Waals surface area contributed by atoms with Crippen LogP contribution >= 0.6 is 0 Å². The van der Waals surface area contributed by atoms with Gasteiger partial charge in [-0.3, -0.25) is 9.59 Å². The van der Waals surface area contributed by atoms with Crippen molar-refractivity contribution in [2.45, 2.75) is 38.8 Å². The first kappa shape index (κ1) is 15.9. The topological polar surface area (TPSA) is 88.7 Å². The molecule has 2 heterocycles. The summed E-state index contributed by atoms with van der Waals surface area (Å²) in [6, 6.07) is 0. The Hall–Kier alpha value is -2.49. The second-order valence-corrected chi connectivity index (χ2v) is 5.41. The zero-order valence-electron chi connectivity index (χ0n) is 13.0. The molecule has 0 atom stereocenters. The van der Waals surface area contributed by atoms with E-state index in [4.69, 9.17) is 6.42 Å². The Bertz CT molecular complexity index is 721. The molecule has 1 aliphatic rings. The Morgan fingerprint density at radius 2 is 2.05 bits per heavy atom. The highest BCUT2D eigenvalue weighted by Gasteiger charge is 2.38. The Kier molecular flexibility index (Phi) is 4.40. The number of aryl methyl sites for hydroxylation is 2. The van der Waals surface area contributed by atoms with Crippen molar-refractivity contribution in [1.29, 1.82) is 0 Å². The van der Waals surface area contributed by atoms with Crippen LogP contribution in [0.25, 0.3) is 0 Å². The van der Waals surface area contributed by atoms with Gasteiger partial charge >= 0.3 is 0 Å². The lowest BCUT2D eigenvalue weighted by Gasteiger charge is -2.12. The van der Waals surface area contributed by atoms with Gasteiger partial charge < -0.3 is 5.32 Å². The Morgan fingerprint density at radius 1 is 1.36 bits per heavy atom. The molecule has 1 N–H and O–H groups in total. The maximum absolute atomic E-state index is 12.3. The summed E-state index contributed by atoms with van der Waals surface area (Å²) in [5.41, 5.74) is 0.558. The first-order valence-electron chi connectivity index (χ1n) is 7.10. The third kappa shape index (κ3) is 3.22. The van der Waals surface area contributed by atoms with Crippen molar-refractivity contribution >= 4 is 5.91 Å². The van der Waals surface area contributed by atoms with E-state index in [9.17, 15) is 9.59 Å². The molecule has 1 amide bonds. The second-order valence-electron chi connectivity index (χ2n) is 5.41. The summed E-state index contributed by atoms with van der Waals surface area (Å²) >= 11 is 0. The van der Waals surface area contributed by atoms with E-state index in [0.29, 0.717) is 37.1 Å². The lowest BCUT2D eigenvalue weighted by molar-refractivity contribution is 0.0948. The van der Waals surface area contributed by atoms with Crippen LogP contribution in [0.15, 0.2) is 15.0 Å². The molecule has 0 aromatic carbocycles. The summed E-state index contributed by atoms with van der Waals surface area (Å²) in [5, 5.41) is 14.8. The molecule has 116 valence electrons. The van der Waals surface area contributed by atoms with Gasteiger partial charge in [-0.15, -0.1) is 12.3 Å². The first-order valence-corrected chi connectivity index (χ1v) is 7.10. The number of aromatic nitrogens is 2. The van der Waals surface area contributed by atoms with E-state index < -0.39 is 17.1 Å². The largest absolute Gasteiger partial charge is 0.352 e. The fraction of sp³-hybridized carbons (Fsp3) is 0.533. The number of carbonyl (C=O) groups excluding carboxylic acids is 1. The minimum absolute atomic E-state index is 0.136. The van der Waals surface area contributed by atoms with Crippen molar-refractivity contribution in [1.82, 2.24) is 15.1 Å². The summed E-state index contributed by atoms with van der Waals surface area (Å²) in [6.45, 7) is 3.88. The minimum Gasteiger partial charge on any atom is -0.352 e. The molecular weight excluding hydrogens is 282 g/mol. The molecule has 1 aliphatic heterocycles. The van der Waals surface area contributed by atoms with E-state index >= 15 is 0 Å². The molecule has 7 heteroatoms. The summed E-state index contributed by atoms with van der Waals surface area (Å²) < 4.78 is 1.18. The van der Waals surface area contributed by atoms with E-state index in [1.54, 1.807) is 13.8 Å². The molecule has 1 aromatic rings. The van der Waals surface area contributed by atoms with Crippen molar-refractivity contribution < 1.29 is 4.79 Å². The third-order valence-electron chi connectivity index (χ3n) is 3.82. The molecule has 0 bridgehead atoms. The molecule has 0 radical (unpaired) electrons. The van der Waals surface area contributed by atoms with Crippen LogP contribution < -0.4 is 10.9 Å². The summed E-state index contributed by atoms with van der Waals surface area (Å²) in [7, 11) is 1.53. The van der Waals surface area contributed by atoms with Crippen molar-refractivity contribution in [2.75, 3.05) is 6.54 Å². The summed E-state index contributed by atoms with van der Waals surface area (Å²) in [6.07, 6.45) is 7.11. The highest BCUT2D eigenvalue weighted by atomic mass is 16.2. The number of terminal acetylenes is 1. The smallest absolute Gasteiger partial charge is 0.279 e. The van der Waals surface area contributed by atoms with Gasteiger partial charge in [0.05, 0.1) is 5.69 Å². The van der Waals surface area contributed by atoms with Gasteiger partial charge in [-0.25, -0.2) is 4.68 Å². The van der Waals surface area contributed by atoms with Crippen LogP contribution in [0.5, 0.6) is 0 Å². The fourth-order valence-corrected chi connectivity index (χ4v) is 2.25. The molecule has 0 fully saturated rings. The van der Waals surface area contributed by atoms with E-state index in [1.807, 2.05) is 0 Å². The molecule has 0 spiro atoms. The molecular formula is C15H19N5O2. The summed E-state index contributed by atoms with van der Waals surface area (Å²) in [4.78, 5) is 24.3. The number of hydrogen-bond acceptors (Lipinski definition) is 5. The van der Waals surface area contributed by atoms with Crippen LogP contribution in [0.4, 0.5) is 0 Å². The standard InChI is InChI=1S/C15H19N5O2/c1-5-6-7-15(18-19-15)8-9-16-13(21)12-10(2)11(3)17-20(4)14(12)22/h1H,6-9H2,2-4H3,(H,16,21). The van der Waals surface area contributed by atoms with E-state index in [0.717, 1.165) is 0 Å². The number of nitrogens with zero attached hydrogens (tertiary/aromatic N) is 4.